The molecule has 0 fully saturated rings. The van der Waals surface area contributed by atoms with Gasteiger partial charge in [0, 0.05) is 20.2 Å². The van der Waals surface area contributed by atoms with Crippen LogP contribution in [0.15, 0.2) is 6.07 Å². The Labute approximate surface area is 97.7 Å². The van der Waals surface area contributed by atoms with Gasteiger partial charge in [0.2, 0.25) is 0 Å². The highest BCUT2D eigenvalue weighted by molar-refractivity contribution is 5.08. The maximum absolute atomic E-state index is 8.89. The van der Waals surface area contributed by atoms with E-state index in [0.717, 1.165) is 31.6 Å². The minimum atomic E-state index is 0.283. The predicted molar refractivity (Wildman–Crippen MR) is 65.1 cm³/mol. The molecule has 4 heteroatoms. The zero-order chi connectivity index (χ0) is 12.0. The largest absolute Gasteiger partial charge is 0.396 e. The number of hydrogen-bond acceptors (Lipinski definition) is 3. The SMILES string of the molecule is CCC(CCO)CNCc1cc(C)nn1C. The molecule has 0 radical (unpaired) electrons. The molecule has 1 atom stereocenters. The van der Waals surface area contributed by atoms with Gasteiger partial charge in [0.25, 0.3) is 0 Å². The fourth-order valence-electron chi connectivity index (χ4n) is 1.87. The number of nitrogens with one attached hydrogen (secondary N) is 1. The predicted octanol–water partition coefficient (Wildman–Crippen LogP) is 1.23. The van der Waals surface area contributed by atoms with Gasteiger partial charge in [-0.3, -0.25) is 4.68 Å². The highest BCUT2D eigenvalue weighted by Gasteiger charge is 2.06. The molecule has 0 aromatic carbocycles. The lowest BCUT2D eigenvalue weighted by molar-refractivity contribution is 0.251. The molecule has 0 spiro atoms. The molecule has 0 aliphatic rings. The Morgan fingerprint density at radius 3 is 2.81 bits per heavy atom. The van der Waals surface area contributed by atoms with Gasteiger partial charge in [0.05, 0.1) is 11.4 Å². The smallest absolute Gasteiger partial charge is 0.0597 e. The average molecular weight is 225 g/mol. The molecule has 4 nitrogen and oxygen atoms in total. The second kappa shape index (κ2) is 6.66. The van der Waals surface area contributed by atoms with E-state index in [1.54, 1.807) is 0 Å². The van der Waals surface area contributed by atoms with E-state index in [9.17, 15) is 0 Å². The minimum absolute atomic E-state index is 0.283. The van der Waals surface area contributed by atoms with Crippen molar-refractivity contribution >= 4 is 0 Å². The Hall–Kier alpha value is -0.870. The summed E-state index contributed by atoms with van der Waals surface area (Å²) in [5, 5.41) is 16.6. The number of nitrogens with zero attached hydrogens (tertiary/aromatic N) is 2. The van der Waals surface area contributed by atoms with Crippen molar-refractivity contribution in [2.75, 3.05) is 13.2 Å². The van der Waals surface area contributed by atoms with E-state index >= 15 is 0 Å². The van der Waals surface area contributed by atoms with Crippen LogP contribution in [0.5, 0.6) is 0 Å². The first kappa shape index (κ1) is 13.2. The van der Waals surface area contributed by atoms with Gasteiger partial charge in [-0.15, -0.1) is 0 Å². The molecule has 2 N–H and O–H groups in total. The summed E-state index contributed by atoms with van der Waals surface area (Å²) in [4.78, 5) is 0. The quantitative estimate of drug-likeness (QED) is 0.734. The molecule has 16 heavy (non-hydrogen) atoms. The van der Waals surface area contributed by atoms with Crippen LogP contribution >= 0.6 is 0 Å². The molecule has 0 aliphatic heterocycles. The lowest BCUT2D eigenvalue weighted by atomic mass is 10.0. The molecular formula is C12H23N3O. The number of aromatic nitrogens is 2. The molecule has 1 unspecified atom stereocenters. The first-order valence-electron chi connectivity index (χ1n) is 5.98. The standard InChI is InChI=1S/C12H23N3O/c1-4-11(5-6-16)8-13-9-12-7-10(2)14-15(12)3/h7,11,13,16H,4-6,8-9H2,1-3H3. The Morgan fingerprint density at radius 1 is 1.56 bits per heavy atom. The molecule has 0 aliphatic carbocycles. The van der Waals surface area contributed by atoms with Gasteiger partial charge in [0.15, 0.2) is 0 Å². The fraction of sp³-hybridized carbons (Fsp3) is 0.750. The monoisotopic (exact) mass is 225 g/mol. The second-order valence-electron chi connectivity index (χ2n) is 4.32. The van der Waals surface area contributed by atoms with E-state index in [1.807, 2.05) is 18.7 Å². The summed E-state index contributed by atoms with van der Waals surface area (Å²) in [5.41, 5.74) is 2.26. The molecule has 1 aromatic heterocycles. The lowest BCUT2D eigenvalue weighted by Gasteiger charge is -2.14. The van der Waals surface area contributed by atoms with Crippen LogP contribution in [0.25, 0.3) is 0 Å². The van der Waals surface area contributed by atoms with Gasteiger partial charge >= 0.3 is 0 Å². The molecule has 1 rings (SSSR count). The molecule has 1 aromatic rings. The number of hydrogen-bond donors (Lipinski definition) is 2. The van der Waals surface area contributed by atoms with Gasteiger partial charge < -0.3 is 10.4 Å². The third kappa shape index (κ3) is 3.94. The molecular weight excluding hydrogens is 202 g/mol. The summed E-state index contributed by atoms with van der Waals surface area (Å²) >= 11 is 0. The van der Waals surface area contributed by atoms with Gasteiger partial charge in [-0.05, 0) is 31.9 Å². The zero-order valence-corrected chi connectivity index (χ0v) is 10.5. The van der Waals surface area contributed by atoms with Crippen LogP contribution in [0.2, 0.25) is 0 Å². The Bertz CT molecular complexity index is 309. The van der Waals surface area contributed by atoms with Crippen LogP contribution in [-0.2, 0) is 13.6 Å². The summed E-state index contributed by atoms with van der Waals surface area (Å²) in [6, 6.07) is 2.10. The van der Waals surface area contributed by atoms with E-state index in [2.05, 4.69) is 23.4 Å². The van der Waals surface area contributed by atoms with E-state index in [4.69, 9.17) is 5.11 Å². The van der Waals surface area contributed by atoms with E-state index in [1.165, 1.54) is 5.69 Å². The first-order chi connectivity index (χ1) is 7.67. The van der Waals surface area contributed by atoms with Gasteiger partial charge in [-0.1, -0.05) is 13.3 Å². The molecule has 0 amide bonds. The van der Waals surface area contributed by atoms with Crippen LogP contribution in [0, 0.1) is 12.8 Å². The lowest BCUT2D eigenvalue weighted by Crippen LogP contribution is -2.23. The van der Waals surface area contributed by atoms with Gasteiger partial charge in [-0.25, -0.2) is 0 Å². The van der Waals surface area contributed by atoms with Crippen molar-refractivity contribution in [3.05, 3.63) is 17.5 Å². The van der Waals surface area contributed by atoms with E-state index in [0.29, 0.717) is 5.92 Å². The van der Waals surface area contributed by atoms with Gasteiger partial charge in [0.1, 0.15) is 0 Å². The normalized spacial score (nSPS) is 13.0. The van der Waals surface area contributed by atoms with Crippen molar-refractivity contribution in [1.82, 2.24) is 15.1 Å². The number of rotatable bonds is 7. The average Bonchev–Trinajstić information content (AvgIpc) is 2.56. The minimum Gasteiger partial charge on any atom is -0.396 e. The van der Waals surface area contributed by atoms with Crippen LogP contribution in [0.3, 0.4) is 0 Å². The van der Waals surface area contributed by atoms with Crippen molar-refractivity contribution in [1.29, 1.82) is 0 Å². The highest BCUT2D eigenvalue weighted by Crippen LogP contribution is 2.06. The highest BCUT2D eigenvalue weighted by atomic mass is 16.3. The van der Waals surface area contributed by atoms with Crippen molar-refractivity contribution in [3.8, 4) is 0 Å². The summed E-state index contributed by atoms with van der Waals surface area (Å²) < 4.78 is 1.91. The van der Waals surface area contributed by atoms with Crippen LogP contribution in [0.1, 0.15) is 31.2 Å². The number of aliphatic hydroxyl groups excluding tert-OH is 1. The van der Waals surface area contributed by atoms with E-state index < -0.39 is 0 Å². The molecule has 92 valence electrons. The zero-order valence-electron chi connectivity index (χ0n) is 10.5. The second-order valence-corrected chi connectivity index (χ2v) is 4.32. The van der Waals surface area contributed by atoms with Crippen molar-refractivity contribution in [2.24, 2.45) is 13.0 Å². The molecule has 0 saturated carbocycles. The first-order valence-corrected chi connectivity index (χ1v) is 5.98. The third-order valence-corrected chi connectivity index (χ3v) is 2.95. The summed E-state index contributed by atoms with van der Waals surface area (Å²) in [7, 11) is 1.97. The van der Waals surface area contributed by atoms with Crippen molar-refractivity contribution < 1.29 is 5.11 Å². The van der Waals surface area contributed by atoms with Crippen LogP contribution < -0.4 is 5.32 Å². The Morgan fingerprint density at radius 2 is 2.31 bits per heavy atom. The Kier molecular flexibility index (Phi) is 5.49. The van der Waals surface area contributed by atoms with Crippen molar-refractivity contribution in [3.63, 3.8) is 0 Å². The number of aryl methyl sites for hydroxylation is 2. The maximum atomic E-state index is 8.89. The maximum Gasteiger partial charge on any atom is 0.0597 e. The Balaban J connectivity index is 2.32. The third-order valence-electron chi connectivity index (χ3n) is 2.95. The fourth-order valence-corrected chi connectivity index (χ4v) is 1.87. The molecule has 1 heterocycles. The summed E-state index contributed by atoms with van der Waals surface area (Å²) in [5.74, 6) is 0.569. The summed E-state index contributed by atoms with van der Waals surface area (Å²) in [6.45, 7) is 6.26. The number of aliphatic hydroxyl groups is 1. The molecule has 0 bridgehead atoms. The van der Waals surface area contributed by atoms with Crippen molar-refractivity contribution in [2.45, 2.75) is 33.2 Å². The van der Waals surface area contributed by atoms with Crippen LogP contribution in [0.4, 0.5) is 0 Å². The molecule has 0 saturated heterocycles. The topological polar surface area (TPSA) is 50.1 Å². The summed E-state index contributed by atoms with van der Waals surface area (Å²) in [6.07, 6.45) is 1.99. The van der Waals surface area contributed by atoms with E-state index in [-0.39, 0.29) is 6.61 Å². The van der Waals surface area contributed by atoms with Crippen LogP contribution in [-0.4, -0.2) is 28.0 Å². The van der Waals surface area contributed by atoms with Gasteiger partial charge in [-0.2, -0.15) is 5.10 Å².